The van der Waals surface area contributed by atoms with Crippen molar-refractivity contribution in [3.8, 4) is 0 Å². The first kappa shape index (κ1) is 22.3. The van der Waals surface area contributed by atoms with Crippen molar-refractivity contribution in [1.82, 2.24) is 9.62 Å². The van der Waals surface area contributed by atoms with Crippen molar-refractivity contribution >= 4 is 33.5 Å². The molecule has 7 nitrogen and oxygen atoms in total. The Hall–Kier alpha value is -2.42. The molecule has 1 heterocycles. The summed E-state index contributed by atoms with van der Waals surface area (Å²) in [6, 6.07) is 13.2. The summed E-state index contributed by atoms with van der Waals surface area (Å²) >= 11 is 5.85. The van der Waals surface area contributed by atoms with Crippen LogP contribution in [0.4, 0.5) is 0 Å². The van der Waals surface area contributed by atoms with Gasteiger partial charge >= 0.3 is 5.97 Å². The number of nitrogens with zero attached hydrogens (tertiary/aromatic N) is 1. The molecule has 160 valence electrons. The lowest BCUT2D eigenvalue weighted by Gasteiger charge is -2.25. The van der Waals surface area contributed by atoms with Crippen LogP contribution in [0.15, 0.2) is 59.5 Å². The standard InChI is InChI=1S/C21H23ClN2O5S/c1-29-21(26)18(14-15-6-3-2-4-7-15)23-20(25)19-8-5-13-24(19)30(27,28)17-11-9-16(22)10-12-17/h2-4,6-7,9-12,18-19H,5,8,13-14H2,1H3,(H,23,25)/t18-,19+/m1/s1. The lowest BCUT2D eigenvalue weighted by atomic mass is 10.1. The number of rotatable bonds is 7. The molecule has 1 saturated heterocycles. The maximum Gasteiger partial charge on any atom is 0.328 e. The largest absolute Gasteiger partial charge is 0.467 e. The zero-order chi connectivity index (χ0) is 21.7. The van der Waals surface area contributed by atoms with Crippen LogP contribution < -0.4 is 5.32 Å². The maximum absolute atomic E-state index is 13.0. The monoisotopic (exact) mass is 450 g/mol. The van der Waals surface area contributed by atoms with Crippen molar-refractivity contribution < 1.29 is 22.7 Å². The number of nitrogens with one attached hydrogen (secondary N) is 1. The highest BCUT2D eigenvalue weighted by Gasteiger charge is 2.40. The van der Waals surface area contributed by atoms with E-state index in [1.165, 1.54) is 35.7 Å². The van der Waals surface area contributed by atoms with Crippen LogP contribution in [0.25, 0.3) is 0 Å². The molecule has 0 saturated carbocycles. The van der Waals surface area contributed by atoms with Gasteiger partial charge in [0.25, 0.3) is 0 Å². The van der Waals surface area contributed by atoms with Crippen LogP contribution in [0.3, 0.4) is 0 Å². The minimum atomic E-state index is -3.87. The highest BCUT2D eigenvalue weighted by Crippen LogP contribution is 2.27. The molecule has 0 radical (unpaired) electrons. The van der Waals surface area contributed by atoms with Crippen molar-refractivity contribution in [2.45, 2.75) is 36.2 Å². The smallest absolute Gasteiger partial charge is 0.328 e. The van der Waals surface area contributed by atoms with E-state index in [0.717, 1.165) is 5.56 Å². The molecule has 1 N–H and O–H groups in total. The van der Waals surface area contributed by atoms with Crippen LogP contribution >= 0.6 is 11.6 Å². The Morgan fingerprint density at radius 3 is 2.47 bits per heavy atom. The molecule has 0 unspecified atom stereocenters. The van der Waals surface area contributed by atoms with Crippen LogP contribution in [0.1, 0.15) is 18.4 Å². The van der Waals surface area contributed by atoms with Gasteiger partial charge in [-0.05, 0) is 42.7 Å². The molecule has 0 spiro atoms. The van der Waals surface area contributed by atoms with Gasteiger partial charge in [0, 0.05) is 18.0 Å². The molecule has 0 aromatic heterocycles. The van der Waals surface area contributed by atoms with Crippen molar-refractivity contribution in [2.75, 3.05) is 13.7 Å². The van der Waals surface area contributed by atoms with Gasteiger partial charge < -0.3 is 10.1 Å². The van der Waals surface area contributed by atoms with Crippen LogP contribution in [0, 0.1) is 0 Å². The van der Waals surface area contributed by atoms with Crippen molar-refractivity contribution in [3.63, 3.8) is 0 Å². The lowest BCUT2D eigenvalue weighted by molar-refractivity contribution is -0.145. The number of benzene rings is 2. The number of halogens is 1. The SMILES string of the molecule is COC(=O)[C@@H](Cc1ccccc1)NC(=O)[C@@H]1CCCN1S(=O)(=O)c1ccc(Cl)cc1. The van der Waals surface area contributed by atoms with E-state index in [-0.39, 0.29) is 17.9 Å². The molecule has 1 amide bonds. The number of hydrogen-bond donors (Lipinski definition) is 1. The van der Waals surface area contributed by atoms with Gasteiger partial charge in [-0.15, -0.1) is 0 Å². The molecule has 1 fully saturated rings. The van der Waals surface area contributed by atoms with E-state index in [4.69, 9.17) is 16.3 Å². The summed E-state index contributed by atoms with van der Waals surface area (Å²) in [5.74, 6) is -1.10. The maximum atomic E-state index is 13.0. The zero-order valence-electron chi connectivity index (χ0n) is 16.5. The van der Waals surface area contributed by atoms with Crippen molar-refractivity contribution in [3.05, 3.63) is 65.2 Å². The lowest BCUT2D eigenvalue weighted by Crippen LogP contribution is -2.51. The van der Waals surface area contributed by atoms with Gasteiger partial charge in [0.1, 0.15) is 12.1 Å². The van der Waals surface area contributed by atoms with Gasteiger partial charge in [-0.1, -0.05) is 41.9 Å². The molecule has 3 rings (SSSR count). The van der Waals surface area contributed by atoms with Crippen molar-refractivity contribution in [1.29, 1.82) is 0 Å². The van der Waals surface area contributed by atoms with E-state index in [0.29, 0.717) is 17.9 Å². The summed E-state index contributed by atoms with van der Waals surface area (Å²) in [7, 11) is -2.62. The fraction of sp³-hybridized carbons (Fsp3) is 0.333. The van der Waals surface area contributed by atoms with Crippen LogP contribution in [0.5, 0.6) is 0 Å². The highest BCUT2D eigenvalue weighted by atomic mass is 35.5. The third-order valence-electron chi connectivity index (χ3n) is 5.01. The van der Waals surface area contributed by atoms with E-state index in [2.05, 4.69) is 5.32 Å². The second kappa shape index (κ2) is 9.59. The van der Waals surface area contributed by atoms with Gasteiger partial charge in [0.2, 0.25) is 15.9 Å². The number of carbonyl (C=O) groups excluding carboxylic acids is 2. The molecular weight excluding hydrogens is 428 g/mol. The molecule has 9 heteroatoms. The summed E-state index contributed by atoms with van der Waals surface area (Å²) in [5.41, 5.74) is 0.852. The first-order chi connectivity index (χ1) is 14.3. The minimum Gasteiger partial charge on any atom is -0.467 e. The molecule has 2 atom stereocenters. The Morgan fingerprint density at radius 2 is 1.83 bits per heavy atom. The number of amides is 1. The fourth-order valence-electron chi connectivity index (χ4n) is 3.49. The van der Waals surface area contributed by atoms with E-state index in [1.807, 2.05) is 30.3 Å². The highest BCUT2D eigenvalue weighted by molar-refractivity contribution is 7.89. The van der Waals surface area contributed by atoms with Gasteiger partial charge in [0.05, 0.1) is 12.0 Å². The Morgan fingerprint density at radius 1 is 1.17 bits per heavy atom. The van der Waals surface area contributed by atoms with E-state index in [9.17, 15) is 18.0 Å². The second-order valence-electron chi connectivity index (χ2n) is 7.00. The zero-order valence-corrected chi connectivity index (χ0v) is 18.0. The predicted octanol–water partition coefficient (Wildman–Crippen LogP) is 2.39. The first-order valence-corrected chi connectivity index (χ1v) is 11.3. The molecule has 1 aliphatic heterocycles. The number of esters is 1. The number of hydrogen-bond acceptors (Lipinski definition) is 5. The number of methoxy groups -OCH3 is 1. The fourth-order valence-corrected chi connectivity index (χ4v) is 5.27. The summed E-state index contributed by atoms with van der Waals surface area (Å²) in [6.45, 7) is 0.227. The second-order valence-corrected chi connectivity index (χ2v) is 9.33. The molecular formula is C21H23ClN2O5S. The third kappa shape index (κ3) is 5.00. The summed E-state index contributed by atoms with van der Waals surface area (Å²) in [5, 5.41) is 3.10. The molecule has 2 aromatic rings. The Kier molecular flexibility index (Phi) is 7.12. The van der Waals surface area contributed by atoms with Crippen LogP contribution in [-0.2, 0) is 30.8 Å². The average molecular weight is 451 g/mol. The van der Waals surface area contributed by atoms with Crippen LogP contribution in [0.2, 0.25) is 5.02 Å². The Balaban J connectivity index is 1.78. The summed E-state index contributed by atoms with van der Waals surface area (Å²) in [6.07, 6.45) is 1.17. The van der Waals surface area contributed by atoms with Crippen LogP contribution in [-0.4, -0.2) is 50.3 Å². The predicted molar refractivity (Wildman–Crippen MR) is 112 cm³/mol. The summed E-state index contributed by atoms with van der Waals surface area (Å²) in [4.78, 5) is 25.2. The summed E-state index contributed by atoms with van der Waals surface area (Å²) < 4.78 is 32.1. The topological polar surface area (TPSA) is 92.8 Å². The quantitative estimate of drug-likeness (QED) is 0.654. The van der Waals surface area contributed by atoms with Gasteiger partial charge in [0.15, 0.2) is 0 Å². The molecule has 0 bridgehead atoms. The first-order valence-electron chi connectivity index (χ1n) is 9.52. The van der Waals surface area contributed by atoms with Crippen molar-refractivity contribution in [2.24, 2.45) is 0 Å². The number of carbonyl (C=O) groups is 2. The molecule has 2 aromatic carbocycles. The van der Waals surface area contributed by atoms with Gasteiger partial charge in [-0.25, -0.2) is 13.2 Å². The van der Waals surface area contributed by atoms with E-state index >= 15 is 0 Å². The van der Waals surface area contributed by atoms with Gasteiger partial charge in [-0.2, -0.15) is 4.31 Å². The Bertz CT molecular complexity index is 996. The molecule has 1 aliphatic rings. The number of ether oxygens (including phenoxy) is 1. The third-order valence-corrected chi connectivity index (χ3v) is 7.19. The normalized spacial score (nSPS) is 18.0. The number of sulfonamides is 1. The van der Waals surface area contributed by atoms with E-state index in [1.54, 1.807) is 0 Å². The van der Waals surface area contributed by atoms with E-state index < -0.39 is 34.0 Å². The average Bonchev–Trinajstić information content (AvgIpc) is 3.25. The van der Waals surface area contributed by atoms with Gasteiger partial charge in [-0.3, -0.25) is 4.79 Å². The Labute approximate surface area is 181 Å². The minimum absolute atomic E-state index is 0.0698. The molecule has 0 aliphatic carbocycles. The molecule has 30 heavy (non-hydrogen) atoms.